The molecule has 1 fully saturated rings. The second kappa shape index (κ2) is 6.87. The number of pyridine rings is 1. The van der Waals surface area contributed by atoms with Crippen molar-refractivity contribution in [3.05, 3.63) is 42.2 Å². The normalized spacial score (nSPS) is 20.6. The summed E-state index contributed by atoms with van der Waals surface area (Å²) in [7, 11) is 0. The summed E-state index contributed by atoms with van der Waals surface area (Å²) < 4.78 is 0. The average Bonchev–Trinajstić information content (AvgIpc) is 2.62. The average molecular weight is 323 g/mol. The standard InChI is InChI=1S/C18H21N5O/c1-12-10-23(15(11-24)8-22-12)18-6-13(2-3-17(18)20)16-9-21-5-4-14(16)7-19/h2-6,9,12,15,22,24H,8,10-11,20H2,1H3/t12-,15+/m1/s1. The zero-order chi connectivity index (χ0) is 17.1. The van der Waals surface area contributed by atoms with E-state index in [-0.39, 0.29) is 12.6 Å². The number of hydrogen-bond donors (Lipinski definition) is 3. The van der Waals surface area contributed by atoms with E-state index >= 15 is 0 Å². The molecule has 0 amide bonds. The van der Waals surface area contributed by atoms with Gasteiger partial charge in [-0.25, -0.2) is 0 Å². The summed E-state index contributed by atoms with van der Waals surface area (Å²) >= 11 is 0. The van der Waals surface area contributed by atoms with Crippen LogP contribution in [0.25, 0.3) is 11.1 Å². The Morgan fingerprint density at radius 3 is 3.04 bits per heavy atom. The van der Waals surface area contributed by atoms with E-state index in [1.54, 1.807) is 18.5 Å². The number of benzene rings is 1. The molecule has 1 saturated heterocycles. The number of aliphatic hydroxyl groups is 1. The lowest BCUT2D eigenvalue weighted by molar-refractivity contribution is 0.237. The molecule has 2 heterocycles. The second-order valence-corrected chi connectivity index (χ2v) is 6.10. The zero-order valence-corrected chi connectivity index (χ0v) is 13.6. The van der Waals surface area contributed by atoms with E-state index in [2.05, 4.69) is 28.2 Å². The van der Waals surface area contributed by atoms with Crippen molar-refractivity contribution in [3.8, 4) is 17.2 Å². The molecule has 6 heteroatoms. The molecule has 2 aromatic rings. The minimum absolute atomic E-state index is 0.0249. The van der Waals surface area contributed by atoms with Gasteiger partial charge >= 0.3 is 0 Å². The topological polar surface area (TPSA) is 98.2 Å². The van der Waals surface area contributed by atoms with Gasteiger partial charge in [0.25, 0.3) is 0 Å². The Labute approximate surface area is 141 Å². The highest BCUT2D eigenvalue weighted by atomic mass is 16.3. The van der Waals surface area contributed by atoms with Crippen molar-refractivity contribution in [1.29, 1.82) is 5.26 Å². The first-order valence-corrected chi connectivity index (χ1v) is 7.99. The Morgan fingerprint density at radius 2 is 2.29 bits per heavy atom. The molecule has 3 rings (SSSR count). The Morgan fingerprint density at radius 1 is 1.46 bits per heavy atom. The number of nitrogens with one attached hydrogen (secondary N) is 1. The number of nitrogen functional groups attached to an aromatic ring is 1. The molecule has 0 unspecified atom stereocenters. The zero-order valence-electron chi connectivity index (χ0n) is 13.6. The number of aromatic nitrogens is 1. The van der Waals surface area contributed by atoms with E-state index in [0.29, 0.717) is 23.8 Å². The van der Waals surface area contributed by atoms with Crippen molar-refractivity contribution in [1.82, 2.24) is 10.3 Å². The van der Waals surface area contributed by atoms with Crippen LogP contribution in [-0.4, -0.2) is 41.9 Å². The summed E-state index contributed by atoms with van der Waals surface area (Å²) in [6, 6.07) is 9.91. The maximum Gasteiger partial charge on any atom is 0.0999 e. The Balaban J connectivity index is 2.05. The predicted molar refractivity (Wildman–Crippen MR) is 94.5 cm³/mol. The molecule has 1 aromatic carbocycles. The monoisotopic (exact) mass is 323 g/mol. The van der Waals surface area contributed by atoms with E-state index in [1.807, 2.05) is 18.2 Å². The summed E-state index contributed by atoms with van der Waals surface area (Å²) in [5, 5.41) is 22.4. The summed E-state index contributed by atoms with van der Waals surface area (Å²) in [6.07, 6.45) is 3.30. The highest BCUT2D eigenvalue weighted by Crippen LogP contribution is 2.33. The molecule has 0 bridgehead atoms. The number of aliphatic hydroxyl groups excluding tert-OH is 1. The van der Waals surface area contributed by atoms with Crippen molar-refractivity contribution in [2.24, 2.45) is 0 Å². The van der Waals surface area contributed by atoms with Gasteiger partial charge < -0.3 is 21.1 Å². The number of nitrogens with two attached hydrogens (primary N) is 1. The molecule has 6 nitrogen and oxygen atoms in total. The third-order valence-electron chi connectivity index (χ3n) is 4.42. The quantitative estimate of drug-likeness (QED) is 0.738. The first-order chi connectivity index (χ1) is 11.6. The fraction of sp³-hybridized carbons (Fsp3) is 0.333. The molecule has 1 aliphatic rings. The molecule has 1 aliphatic heterocycles. The van der Waals surface area contributed by atoms with Gasteiger partial charge in [0.15, 0.2) is 0 Å². The minimum Gasteiger partial charge on any atom is -0.397 e. The fourth-order valence-electron chi connectivity index (χ4n) is 3.10. The molecular formula is C18H21N5O. The van der Waals surface area contributed by atoms with Crippen molar-refractivity contribution in [2.75, 3.05) is 30.3 Å². The van der Waals surface area contributed by atoms with Crippen LogP contribution in [0.4, 0.5) is 11.4 Å². The third kappa shape index (κ3) is 3.04. The number of rotatable bonds is 3. The molecule has 0 aliphatic carbocycles. The van der Waals surface area contributed by atoms with Gasteiger partial charge in [0.2, 0.25) is 0 Å². The van der Waals surface area contributed by atoms with Crippen LogP contribution in [0.1, 0.15) is 12.5 Å². The van der Waals surface area contributed by atoms with Gasteiger partial charge in [-0.1, -0.05) is 6.07 Å². The number of piperazine rings is 1. The second-order valence-electron chi connectivity index (χ2n) is 6.10. The van der Waals surface area contributed by atoms with Crippen LogP contribution in [0.5, 0.6) is 0 Å². The van der Waals surface area contributed by atoms with Crippen molar-refractivity contribution >= 4 is 11.4 Å². The number of nitrogens with zero attached hydrogens (tertiary/aromatic N) is 3. The van der Waals surface area contributed by atoms with Crippen LogP contribution >= 0.6 is 0 Å². The van der Waals surface area contributed by atoms with E-state index in [9.17, 15) is 10.4 Å². The fourth-order valence-corrected chi connectivity index (χ4v) is 3.10. The molecule has 124 valence electrons. The number of hydrogen-bond acceptors (Lipinski definition) is 6. The first-order valence-electron chi connectivity index (χ1n) is 7.99. The predicted octanol–water partition coefficient (Wildman–Crippen LogP) is 1.36. The largest absolute Gasteiger partial charge is 0.397 e. The SMILES string of the molecule is C[C@@H]1CN(c2cc(-c3cnccc3C#N)ccc2N)[C@H](CO)CN1. The highest BCUT2D eigenvalue weighted by Gasteiger charge is 2.27. The Kier molecular flexibility index (Phi) is 4.65. The van der Waals surface area contributed by atoms with Gasteiger partial charge in [-0.3, -0.25) is 4.98 Å². The van der Waals surface area contributed by atoms with Crippen LogP contribution in [0.3, 0.4) is 0 Å². The molecular weight excluding hydrogens is 302 g/mol. The molecule has 4 N–H and O–H groups in total. The van der Waals surface area contributed by atoms with Crippen LogP contribution in [-0.2, 0) is 0 Å². The van der Waals surface area contributed by atoms with E-state index < -0.39 is 0 Å². The molecule has 0 spiro atoms. The van der Waals surface area contributed by atoms with E-state index in [1.165, 1.54) is 0 Å². The van der Waals surface area contributed by atoms with Crippen LogP contribution in [0.15, 0.2) is 36.7 Å². The Hall–Kier alpha value is -2.62. The van der Waals surface area contributed by atoms with Crippen LogP contribution < -0.4 is 16.0 Å². The van der Waals surface area contributed by atoms with Gasteiger partial charge in [-0.05, 0) is 30.7 Å². The molecule has 1 aromatic heterocycles. The summed E-state index contributed by atoms with van der Waals surface area (Å²) in [5.41, 5.74) is 10.0. The molecule has 2 atom stereocenters. The van der Waals surface area contributed by atoms with Crippen molar-refractivity contribution in [3.63, 3.8) is 0 Å². The van der Waals surface area contributed by atoms with E-state index in [4.69, 9.17) is 5.73 Å². The third-order valence-corrected chi connectivity index (χ3v) is 4.42. The van der Waals surface area contributed by atoms with Gasteiger partial charge in [-0.15, -0.1) is 0 Å². The van der Waals surface area contributed by atoms with Crippen LogP contribution in [0.2, 0.25) is 0 Å². The minimum atomic E-state index is -0.0249. The summed E-state index contributed by atoms with van der Waals surface area (Å²) in [6.45, 7) is 3.63. The lowest BCUT2D eigenvalue weighted by Crippen LogP contribution is -2.57. The number of anilines is 2. The molecule has 0 saturated carbocycles. The lowest BCUT2D eigenvalue weighted by atomic mass is 10.00. The van der Waals surface area contributed by atoms with Crippen LogP contribution in [0, 0.1) is 11.3 Å². The molecule has 24 heavy (non-hydrogen) atoms. The van der Waals surface area contributed by atoms with Gasteiger partial charge in [0.05, 0.1) is 35.7 Å². The van der Waals surface area contributed by atoms with Gasteiger partial charge in [-0.2, -0.15) is 5.26 Å². The smallest absolute Gasteiger partial charge is 0.0999 e. The Bertz CT molecular complexity index is 770. The highest BCUT2D eigenvalue weighted by molar-refractivity contribution is 5.79. The van der Waals surface area contributed by atoms with Crippen molar-refractivity contribution < 1.29 is 5.11 Å². The van der Waals surface area contributed by atoms with E-state index in [0.717, 1.165) is 23.4 Å². The lowest BCUT2D eigenvalue weighted by Gasteiger charge is -2.40. The first kappa shape index (κ1) is 16.2. The van der Waals surface area contributed by atoms with Gasteiger partial charge in [0, 0.05) is 37.1 Å². The molecule has 0 radical (unpaired) electrons. The van der Waals surface area contributed by atoms with Gasteiger partial charge in [0.1, 0.15) is 0 Å². The summed E-state index contributed by atoms with van der Waals surface area (Å²) in [4.78, 5) is 6.27. The van der Waals surface area contributed by atoms with Crippen molar-refractivity contribution in [2.45, 2.75) is 19.0 Å². The number of nitriles is 1. The summed E-state index contributed by atoms with van der Waals surface area (Å²) in [5.74, 6) is 0. The maximum atomic E-state index is 9.69. The maximum absolute atomic E-state index is 9.69.